The quantitative estimate of drug-likeness (QED) is 0.655. The lowest BCUT2D eigenvalue weighted by molar-refractivity contribution is -0.384. The summed E-state index contributed by atoms with van der Waals surface area (Å²) in [6.07, 6.45) is 2.97. The van der Waals surface area contributed by atoms with Crippen LogP contribution < -0.4 is 10.5 Å². The number of rotatable bonds is 5. The van der Waals surface area contributed by atoms with Gasteiger partial charge in [-0.25, -0.2) is 0 Å². The molecule has 1 atom stereocenters. The first-order valence-electron chi connectivity index (χ1n) is 6.98. The maximum atomic E-state index is 12.2. The predicted octanol–water partition coefficient (Wildman–Crippen LogP) is 1.74. The van der Waals surface area contributed by atoms with Gasteiger partial charge in [0.1, 0.15) is 5.75 Å². The third-order valence-corrected chi connectivity index (χ3v) is 3.61. The summed E-state index contributed by atoms with van der Waals surface area (Å²) in [5, 5.41) is 10.7. The Bertz CT molecular complexity index is 527. The molecule has 0 aromatic heterocycles. The Balaban J connectivity index is 0.00000242. The van der Waals surface area contributed by atoms with Gasteiger partial charge in [0, 0.05) is 25.2 Å². The number of ether oxygens (including phenoxy) is 1. The zero-order valence-corrected chi connectivity index (χ0v) is 13.0. The number of likely N-dealkylation sites (tertiary alicyclic amines) is 1. The molecule has 0 spiro atoms. The summed E-state index contributed by atoms with van der Waals surface area (Å²) in [7, 11) is 0. The van der Waals surface area contributed by atoms with Crippen LogP contribution in [0.25, 0.3) is 0 Å². The number of hydrogen-bond acceptors (Lipinski definition) is 5. The lowest BCUT2D eigenvalue weighted by Crippen LogP contribution is -2.49. The van der Waals surface area contributed by atoms with Gasteiger partial charge in [-0.15, -0.1) is 12.4 Å². The van der Waals surface area contributed by atoms with Gasteiger partial charge in [0.15, 0.2) is 6.61 Å². The van der Waals surface area contributed by atoms with Gasteiger partial charge >= 0.3 is 0 Å². The SMILES string of the molecule is Cl.NCC1CCCCN1C(=O)COc1cccc([N+](=O)[O-])c1. The molecular weight excluding hydrogens is 310 g/mol. The first kappa shape index (κ1) is 18.2. The largest absolute Gasteiger partial charge is 0.484 e. The fourth-order valence-electron chi connectivity index (χ4n) is 2.49. The Morgan fingerprint density at radius 2 is 2.23 bits per heavy atom. The van der Waals surface area contributed by atoms with Crippen molar-refractivity contribution >= 4 is 24.0 Å². The van der Waals surface area contributed by atoms with Gasteiger partial charge < -0.3 is 15.4 Å². The molecule has 1 aliphatic rings. The molecule has 122 valence electrons. The molecule has 0 radical (unpaired) electrons. The molecule has 0 aliphatic carbocycles. The molecule has 1 aromatic carbocycles. The average molecular weight is 330 g/mol. The van der Waals surface area contributed by atoms with E-state index >= 15 is 0 Å². The van der Waals surface area contributed by atoms with Crippen molar-refractivity contribution in [2.45, 2.75) is 25.3 Å². The van der Waals surface area contributed by atoms with Crippen LogP contribution in [-0.4, -0.2) is 41.5 Å². The first-order chi connectivity index (χ1) is 10.1. The van der Waals surface area contributed by atoms with Crippen molar-refractivity contribution in [1.29, 1.82) is 0 Å². The summed E-state index contributed by atoms with van der Waals surface area (Å²) in [6.45, 7) is 1.01. The summed E-state index contributed by atoms with van der Waals surface area (Å²) < 4.78 is 5.37. The molecule has 1 heterocycles. The van der Waals surface area contributed by atoms with Gasteiger partial charge in [-0.1, -0.05) is 6.07 Å². The molecule has 1 fully saturated rings. The van der Waals surface area contributed by atoms with Crippen molar-refractivity contribution in [1.82, 2.24) is 4.90 Å². The summed E-state index contributed by atoms with van der Waals surface area (Å²) >= 11 is 0. The number of benzene rings is 1. The van der Waals surface area contributed by atoms with Crippen LogP contribution in [0, 0.1) is 10.1 Å². The first-order valence-corrected chi connectivity index (χ1v) is 6.98. The fraction of sp³-hybridized carbons (Fsp3) is 0.500. The fourth-order valence-corrected chi connectivity index (χ4v) is 2.49. The monoisotopic (exact) mass is 329 g/mol. The normalized spacial score (nSPS) is 17.5. The number of nitrogens with two attached hydrogens (primary N) is 1. The van der Waals surface area contributed by atoms with Gasteiger partial charge in [-0.05, 0) is 25.3 Å². The number of carbonyl (C=O) groups excluding carboxylic acids is 1. The van der Waals surface area contributed by atoms with E-state index in [2.05, 4.69) is 0 Å². The van der Waals surface area contributed by atoms with E-state index in [9.17, 15) is 14.9 Å². The van der Waals surface area contributed by atoms with Crippen molar-refractivity contribution in [3.05, 3.63) is 34.4 Å². The third-order valence-electron chi connectivity index (χ3n) is 3.61. The molecule has 7 nitrogen and oxygen atoms in total. The minimum atomic E-state index is -0.496. The van der Waals surface area contributed by atoms with Crippen LogP contribution in [0.4, 0.5) is 5.69 Å². The number of amides is 1. The summed E-state index contributed by atoms with van der Waals surface area (Å²) in [4.78, 5) is 24.1. The van der Waals surface area contributed by atoms with Crippen molar-refractivity contribution in [3.8, 4) is 5.75 Å². The number of hydrogen-bond donors (Lipinski definition) is 1. The van der Waals surface area contributed by atoms with Crippen LogP contribution in [-0.2, 0) is 4.79 Å². The summed E-state index contributed by atoms with van der Waals surface area (Å²) in [6, 6.07) is 5.88. The second-order valence-electron chi connectivity index (χ2n) is 5.02. The second-order valence-corrected chi connectivity index (χ2v) is 5.02. The summed E-state index contributed by atoms with van der Waals surface area (Å²) in [5.41, 5.74) is 5.62. The molecular formula is C14H20ClN3O4. The minimum absolute atomic E-state index is 0. The van der Waals surface area contributed by atoms with E-state index in [1.54, 1.807) is 11.0 Å². The Morgan fingerprint density at radius 1 is 1.45 bits per heavy atom. The van der Waals surface area contributed by atoms with Crippen LogP contribution in [0.2, 0.25) is 0 Å². The van der Waals surface area contributed by atoms with Gasteiger partial charge in [0.2, 0.25) is 0 Å². The van der Waals surface area contributed by atoms with Crippen LogP contribution in [0.15, 0.2) is 24.3 Å². The minimum Gasteiger partial charge on any atom is -0.484 e. The maximum absolute atomic E-state index is 12.2. The van der Waals surface area contributed by atoms with Gasteiger partial charge in [0.25, 0.3) is 11.6 Å². The van der Waals surface area contributed by atoms with E-state index in [1.807, 2.05) is 0 Å². The number of non-ortho nitro benzene ring substituents is 1. The van der Waals surface area contributed by atoms with E-state index in [4.69, 9.17) is 10.5 Å². The molecule has 1 unspecified atom stereocenters. The molecule has 1 aromatic rings. The predicted molar refractivity (Wildman–Crippen MR) is 84.2 cm³/mol. The highest BCUT2D eigenvalue weighted by Crippen LogP contribution is 2.20. The molecule has 0 bridgehead atoms. The van der Waals surface area contributed by atoms with E-state index in [0.29, 0.717) is 18.8 Å². The molecule has 2 rings (SSSR count). The topological polar surface area (TPSA) is 98.7 Å². The van der Waals surface area contributed by atoms with Gasteiger partial charge in [-0.3, -0.25) is 14.9 Å². The summed E-state index contributed by atoms with van der Waals surface area (Å²) in [5.74, 6) is 0.190. The van der Waals surface area contributed by atoms with Crippen molar-refractivity contribution < 1.29 is 14.5 Å². The van der Waals surface area contributed by atoms with Gasteiger partial charge in [0.05, 0.1) is 11.0 Å². The molecule has 8 heteroatoms. The molecule has 1 aliphatic heterocycles. The highest BCUT2D eigenvalue weighted by atomic mass is 35.5. The lowest BCUT2D eigenvalue weighted by atomic mass is 10.0. The van der Waals surface area contributed by atoms with Crippen molar-refractivity contribution in [2.24, 2.45) is 5.73 Å². The zero-order valence-electron chi connectivity index (χ0n) is 12.1. The Morgan fingerprint density at radius 3 is 2.91 bits per heavy atom. The molecule has 1 amide bonds. The number of piperidine rings is 1. The maximum Gasteiger partial charge on any atom is 0.273 e. The van der Waals surface area contributed by atoms with Crippen LogP contribution in [0.1, 0.15) is 19.3 Å². The van der Waals surface area contributed by atoms with E-state index in [0.717, 1.165) is 19.3 Å². The smallest absolute Gasteiger partial charge is 0.273 e. The molecule has 22 heavy (non-hydrogen) atoms. The van der Waals surface area contributed by atoms with Crippen LogP contribution >= 0.6 is 12.4 Å². The number of halogens is 1. The van der Waals surface area contributed by atoms with Gasteiger partial charge in [-0.2, -0.15) is 0 Å². The highest BCUT2D eigenvalue weighted by Gasteiger charge is 2.25. The standard InChI is InChI=1S/C14H19N3O4.ClH/c15-9-12-4-1-2-7-16(12)14(18)10-21-13-6-3-5-11(8-13)17(19)20;/h3,5-6,8,12H,1-2,4,7,9-10,15H2;1H. The van der Waals surface area contributed by atoms with Crippen molar-refractivity contribution in [3.63, 3.8) is 0 Å². The zero-order chi connectivity index (χ0) is 15.2. The Labute approximate surface area is 135 Å². The van der Waals surface area contributed by atoms with Crippen LogP contribution in [0.3, 0.4) is 0 Å². The highest BCUT2D eigenvalue weighted by molar-refractivity contribution is 5.85. The average Bonchev–Trinajstić information content (AvgIpc) is 2.52. The van der Waals surface area contributed by atoms with Crippen LogP contribution in [0.5, 0.6) is 5.75 Å². The number of carbonyl (C=O) groups is 1. The van der Waals surface area contributed by atoms with E-state index in [-0.39, 0.29) is 36.7 Å². The number of nitro benzene ring substituents is 1. The molecule has 0 saturated carbocycles. The Hall–Kier alpha value is -1.86. The molecule has 1 saturated heterocycles. The second kappa shape index (κ2) is 8.55. The lowest BCUT2D eigenvalue weighted by Gasteiger charge is -2.34. The van der Waals surface area contributed by atoms with E-state index in [1.165, 1.54) is 18.2 Å². The Kier molecular flexibility index (Phi) is 7.07. The number of nitrogens with zero attached hydrogens (tertiary/aromatic N) is 2. The third kappa shape index (κ3) is 4.57. The number of nitro groups is 1. The van der Waals surface area contributed by atoms with E-state index < -0.39 is 4.92 Å². The van der Waals surface area contributed by atoms with Crippen molar-refractivity contribution in [2.75, 3.05) is 19.7 Å². The molecule has 2 N–H and O–H groups in total.